The van der Waals surface area contributed by atoms with Crippen LogP contribution in [0.15, 0.2) is 43.1 Å². The summed E-state index contributed by atoms with van der Waals surface area (Å²) in [6.07, 6.45) is 8.48. The highest BCUT2D eigenvalue weighted by molar-refractivity contribution is 7.13. The summed E-state index contributed by atoms with van der Waals surface area (Å²) in [5.41, 5.74) is 2.33. The molecule has 0 unspecified atom stereocenters. The number of hydrogen-bond donors (Lipinski definition) is 1. The number of halogens is 2. The molecule has 0 radical (unpaired) electrons. The lowest BCUT2D eigenvalue weighted by Gasteiger charge is -2.31. The average molecular weight is 525 g/mol. The van der Waals surface area contributed by atoms with Crippen LogP contribution in [0.5, 0.6) is 0 Å². The summed E-state index contributed by atoms with van der Waals surface area (Å²) in [4.78, 5) is 25.8. The molecule has 5 aromatic rings. The van der Waals surface area contributed by atoms with Crippen molar-refractivity contribution in [3.8, 4) is 17.3 Å². The minimum absolute atomic E-state index is 0.0139. The smallest absolute Gasteiger partial charge is 0.280 e. The number of alkyl halides is 2. The van der Waals surface area contributed by atoms with Gasteiger partial charge in [-0.05, 0) is 31.7 Å². The van der Waals surface area contributed by atoms with Crippen LogP contribution >= 0.6 is 11.3 Å². The molecule has 37 heavy (non-hydrogen) atoms. The lowest BCUT2D eigenvalue weighted by atomic mass is 9.90. The van der Waals surface area contributed by atoms with Crippen LogP contribution in [0, 0.1) is 0 Å². The monoisotopic (exact) mass is 524 g/mol. The Labute approximate surface area is 213 Å². The number of nitrogens with one attached hydrogen (secondary N) is 1. The fourth-order valence-corrected chi connectivity index (χ4v) is 5.47. The van der Waals surface area contributed by atoms with Crippen molar-refractivity contribution < 1.29 is 13.6 Å². The van der Waals surface area contributed by atoms with E-state index in [0.29, 0.717) is 18.1 Å². The highest BCUT2D eigenvalue weighted by Gasteiger charge is 2.30. The molecule has 5 heterocycles. The van der Waals surface area contributed by atoms with Crippen LogP contribution in [0.2, 0.25) is 0 Å². The van der Waals surface area contributed by atoms with Crippen molar-refractivity contribution in [2.45, 2.75) is 44.2 Å². The Morgan fingerprint density at radius 3 is 2.84 bits per heavy atom. The van der Waals surface area contributed by atoms with Crippen molar-refractivity contribution in [1.29, 1.82) is 0 Å². The molecule has 1 fully saturated rings. The molecule has 1 N–H and O–H groups in total. The molecule has 0 bridgehead atoms. The number of amides is 1. The molecular weight excluding hydrogens is 502 g/mol. The molecular formula is C23H22F2N10OS. The largest absolute Gasteiger partial charge is 0.347 e. The normalized spacial score (nSPS) is 18.1. The van der Waals surface area contributed by atoms with E-state index in [2.05, 4.69) is 35.3 Å². The lowest BCUT2D eigenvalue weighted by molar-refractivity contribution is 0.0920. The molecule has 14 heteroatoms. The van der Waals surface area contributed by atoms with Gasteiger partial charge < -0.3 is 9.88 Å². The second kappa shape index (κ2) is 9.42. The first-order chi connectivity index (χ1) is 18.0. The summed E-state index contributed by atoms with van der Waals surface area (Å²) in [6, 6.07) is 3.71. The minimum atomic E-state index is -2.64. The maximum Gasteiger partial charge on any atom is 0.280 e. The van der Waals surface area contributed by atoms with Gasteiger partial charge in [-0.1, -0.05) is 5.21 Å². The summed E-state index contributed by atoms with van der Waals surface area (Å²) >= 11 is 0.721. The molecule has 0 saturated heterocycles. The topological polar surface area (TPSA) is 121 Å². The number of thiazole rings is 1. The van der Waals surface area contributed by atoms with E-state index in [1.807, 2.05) is 25.4 Å². The standard InChI is InChI=1S/C23H22F2N10OS/c1-33-7-5-15(31-33)21-30-16-11-26-19(34-8-6-28-32-34)10-17(16)35(21)14-4-2-3-13(9-14)29-22(36)23-27-12-18(37-23)20(24)25/h5-8,10-14,20H,2-4,9H2,1H3,(H,29,36)/t13-,14+/m0/s1. The molecule has 1 aliphatic carbocycles. The summed E-state index contributed by atoms with van der Waals surface area (Å²) in [5, 5.41) is 15.5. The van der Waals surface area contributed by atoms with Gasteiger partial charge >= 0.3 is 0 Å². The Hall–Kier alpha value is -4.07. The van der Waals surface area contributed by atoms with Gasteiger partial charge in [-0.3, -0.25) is 9.48 Å². The van der Waals surface area contributed by atoms with Crippen molar-refractivity contribution in [2.75, 3.05) is 0 Å². The number of carbonyl (C=O) groups excluding carboxylic acids is 1. The van der Waals surface area contributed by atoms with Gasteiger partial charge in [0.05, 0.1) is 29.0 Å². The van der Waals surface area contributed by atoms with Crippen LogP contribution in [-0.4, -0.2) is 56.2 Å². The molecule has 6 rings (SSSR count). The Morgan fingerprint density at radius 1 is 1.22 bits per heavy atom. The van der Waals surface area contributed by atoms with Crippen molar-refractivity contribution >= 4 is 28.3 Å². The first-order valence-corrected chi connectivity index (χ1v) is 12.6. The summed E-state index contributed by atoms with van der Waals surface area (Å²) < 4.78 is 31.4. The van der Waals surface area contributed by atoms with E-state index < -0.39 is 12.3 Å². The highest BCUT2D eigenvalue weighted by Crippen LogP contribution is 2.36. The van der Waals surface area contributed by atoms with Gasteiger partial charge in [0.15, 0.2) is 16.6 Å². The summed E-state index contributed by atoms with van der Waals surface area (Å²) in [5.74, 6) is 0.894. The van der Waals surface area contributed by atoms with Gasteiger partial charge in [-0.15, -0.1) is 16.4 Å². The number of rotatable bonds is 6. The molecule has 0 spiro atoms. The molecule has 2 atom stereocenters. The second-order valence-corrected chi connectivity index (χ2v) is 9.98. The lowest BCUT2D eigenvalue weighted by Crippen LogP contribution is -2.39. The molecule has 0 aliphatic heterocycles. The maximum absolute atomic E-state index is 12.9. The SMILES string of the molecule is Cn1ccc(-c2nc3cnc(-n4ccnn4)cc3n2[C@@H]2CCC[C@H](NC(=O)c3ncc(C(F)F)s3)C2)n1. The Bertz CT molecular complexity index is 1560. The predicted octanol–water partition coefficient (Wildman–Crippen LogP) is 3.72. The zero-order chi connectivity index (χ0) is 25.5. The quantitative estimate of drug-likeness (QED) is 0.359. The van der Waals surface area contributed by atoms with E-state index >= 15 is 0 Å². The average Bonchev–Trinajstić information content (AvgIpc) is 3.69. The number of carbonyl (C=O) groups is 1. The van der Waals surface area contributed by atoms with Gasteiger partial charge in [0.2, 0.25) is 0 Å². The van der Waals surface area contributed by atoms with E-state index in [0.717, 1.165) is 53.5 Å². The Morgan fingerprint density at radius 2 is 2.11 bits per heavy atom. The van der Waals surface area contributed by atoms with E-state index in [-0.39, 0.29) is 22.0 Å². The number of pyridine rings is 1. The number of hydrogen-bond acceptors (Lipinski definition) is 8. The van der Waals surface area contributed by atoms with Gasteiger partial charge in [0.1, 0.15) is 11.2 Å². The molecule has 5 aromatic heterocycles. The fraction of sp³-hybridized carbons (Fsp3) is 0.348. The van der Waals surface area contributed by atoms with Gasteiger partial charge in [0, 0.05) is 37.6 Å². The van der Waals surface area contributed by atoms with Crippen LogP contribution in [0.3, 0.4) is 0 Å². The first-order valence-electron chi connectivity index (χ1n) is 11.8. The van der Waals surface area contributed by atoms with Gasteiger partial charge in [0.25, 0.3) is 12.3 Å². The van der Waals surface area contributed by atoms with Crippen LogP contribution in [-0.2, 0) is 7.05 Å². The molecule has 1 saturated carbocycles. The highest BCUT2D eigenvalue weighted by atomic mass is 32.1. The van der Waals surface area contributed by atoms with Crippen LogP contribution in [0.4, 0.5) is 8.78 Å². The maximum atomic E-state index is 12.9. The third kappa shape index (κ3) is 4.48. The molecule has 1 aliphatic rings. The van der Waals surface area contributed by atoms with Crippen molar-refractivity contribution in [2.24, 2.45) is 7.05 Å². The number of fused-ring (bicyclic) bond motifs is 1. The first kappa shape index (κ1) is 23.3. The zero-order valence-electron chi connectivity index (χ0n) is 19.7. The van der Waals surface area contributed by atoms with Crippen LogP contribution in [0.25, 0.3) is 28.4 Å². The third-order valence-electron chi connectivity index (χ3n) is 6.44. The fourth-order valence-electron chi connectivity index (χ4n) is 4.80. The number of aryl methyl sites for hydroxylation is 1. The van der Waals surface area contributed by atoms with Crippen LogP contribution < -0.4 is 5.32 Å². The predicted molar refractivity (Wildman–Crippen MR) is 130 cm³/mol. The van der Waals surface area contributed by atoms with Crippen LogP contribution in [0.1, 0.15) is 52.8 Å². The van der Waals surface area contributed by atoms with E-state index in [1.165, 1.54) is 0 Å². The third-order valence-corrected chi connectivity index (χ3v) is 7.44. The van der Waals surface area contributed by atoms with E-state index in [1.54, 1.807) is 28.0 Å². The minimum Gasteiger partial charge on any atom is -0.347 e. The molecule has 1 amide bonds. The number of nitrogens with zero attached hydrogens (tertiary/aromatic N) is 9. The van der Waals surface area contributed by atoms with Crippen molar-refractivity contribution in [3.63, 3.8) is 0 Å². The van der Waals surface area contributed by atoms with Crippen molar-refractivity contribution in [1.82, 2.24) is 49.6 Å². The second-order valence-electron chi connectivity index (χ2n) is 8.92. The molecule has 190 valence electrons. The summed E-state index contributed by atoms with van der Waals surface area (Å²) in [7, 11) is 1.85. The molecule has 0 aromatic carbocycles. The summed E-state index contributed by atoms with van der Waals surface area (Å²) in [6.45, 7) is 0. The number of aromatic nitrogens is 9. The van der Waals surface area contributed by atoms with Crippen molar-refractivity contribution in [3.05, 3.63) is 53.0 Å². The number of imidazole rings is 1. The van der Waals surface area contributed by atoms with Gasteiger partial charge in [-0.2, -0.15) is 5.10 Å². The Balaban J connectivity index is 1.34. The van der Waals surface area contributed by atoms with E-state index in [4.69, 9.17) is 4.98 Å². The Kier molecular flexibility index (Phi) is 5.94. The molecule has 11 nitrogen and oxygen atoms in total. The van der Waals surface area contributed by atoms with Gasteiger partial charge in [-0.25, -0.2) is 28.4 Å². The van der Waals surface area contributed by atoms with E-state index in [9.17, 15) is 13.6 Å². The zero-order valence-corrected chi connectivity index (χ0v) is 20.5.